The molecule has 0 spiro atoms. The third-order valence-corrected chi connectivity index (χ3v) is 1.62. The van der Waals surface area contributed by atoms with Crippen LogP contribution >= 0.6 is 0 Å². The lowest BCUT2D eigenvalue weighted by atomic mass is 10.5. The molecule has 0 saturated heterocycles. The van der Waals surface area contributed by atoms with Crippen molar-refractivity contribution >= 4 is 17.0 Å². The zero-order valence-corrected chi connectivity index (χ0v) is 6.90. The zero-order valence-electron chi connectivity index (χ0n) is 6.90. The van der Waals surface area contributed by atoms with Gasteiger partial charge in [-0.25, -0.2) is 15.6 Å². The maximum atomic E-state index is 11.0. The molecule has 7 nitrogen and oxygen atoms in total. The quantitative estimate of drug-likeness (QED) is 0.384. The van der Waals surface area contributed by atoms with Gasteiger partial charge >= 0.3 is 5.69 Å². The van der Waals surface area contributed by atoms with E-state index >= 15 is 0 Å². The van der Waals surface area contributed by atoms with Crippen LogP contribution < -0.4 is 16.5 Å². The van der Waals surface area contributed by atoms with Gasteiger partial charge in [0.2, 0.25) is 0 Å². The predicted octanol–water partition coefficient (Wildman–Crippen LogP) is -1.04. The lowest BCUT2D eigenvalue weighted by Crippen LogP contribution is -2.29. The number of hydrogen-bond acceptors (Lipinski definition) is 5. The Bertz CT molecular complexity index is 483. The molecule has 68 valence electrons. The third-order valence-electron chi connectivity index (χ3n) is 1.62. The summed E-state index contributed by atoms with van der Waals surface area (Å²) in [5, 5.41) is 1.25. The minimum atomic E-state index is -0.455. The average Bonchev–Trinajstić information content (AvgIpc) is 2.49. The third kappa shape index (κ3) is 1.14. The molecule has 2 rings (SSSR count). The summed E-state index contributed by atoms with van der Waals surface area (Å²) in [6.07, 6.45) is 1.47. The topological polar surface area (TPSA) is 104 Å². The fourth-order valence-electron chi connectivity index (χ4n) is 1.09. The summed E-state index contributed by atoms with van der Waals surface area (Å²) in [4.78, 5) is 23.9. The van der Waals surface area contributed by atoms with Gasteiger partial charge in [0.15, 0.2) is 5.82 Å². The van der Waals surface area contributed by atoms with Crippen molar-refractivity contribution < 1.29 is 0 Å². The Hall–Kier alpha value is -1.89. The van der Waals surface area contributed by atoms with E-state index in [1.54, 1.807) is 7.05 Å². The first-order chi connectivity index (χ1) is 6.18. The molecular formula is C6H8N6O. The van der Waals surface area contributed by atoms with Gasteiger partial charge in [-0.1, -0.05) is 0 Å². The van der Waals surface area contributed by atoms with Crippen LogP contribution in [0.25, 0.3) is 11.2 Å². The first-order valence-electron chi connectivity index (χ1n) is 3.60. The highest BCUT2D eigenvalue weighted by Crippen LogP contribution is 2.13. The molecule has 0 bridgehead atoms. The molecule has 0 atom stereocenters. The van der Waals surface area contributed by atoms with Gasteiger partial charge in [-0.05, 0) is 0 Å². The van der Waals surface area contributed by atoms with Crippen LogP contribution in [0.2, 0.25) is 0 Å². The molecule has 2 heterocycles. The highest BCUT2D eigenvalue weighted by atomic mass is 16.1. The Morgan fingerprint density at radius 2 is 2.38 bits per heavy atom. The molecule has 0 aliphatic carbocycles. The van der Waals surface area contributed by atoms with Crippen LogP contribution in [0.3, 0.4) is 0 Å². The van der Waals surface area contributed by atoms with Gasteiger partial charge in [0.1, 0.15) is 11.2 Å². The second kappa shape index (κ2) is 2.56. The molecule has 0 aliphatic rings. The van der Waals surface area contributed by atoms with Gasteiger partial charge in [-0.2, -0.15) is 4.98 Å². The molecule has 0 radical (unpaired) electrons. The number of anilines is 1. The molecule has 0 aliphatic heterocycles. The summed E-state index contributed by atoms with van der Waals surface area (Å²) in [6.45, 7) is 0. The van der Waals surface area contributed by atoms with Crippen LogP contribution in [0.1, 0.15) is 0 Å². The maximum Gasteiger partial charge on any atom is 0.348 e. The summed E-state index contributed by atoms with van der Waals surface area (Å²) in [5.41, 5.74) is 0.612. The number of aromatic amines is 2. The van der Waals surface area contributed by atoms with Gasteiger partial charge in [-0.15, -0.1) is 0 Å². The van der Waals surface area contributed by atoms with Crippen LogP contribution in [-0.4, -0.2) is 27.0 Å². The number of hydrogen-bond donors (Lipinski definition) is 3. The number of rotatable bonds is 1. The number of nitrogens with one attached hydrogen (secondary N) is 2. The first kappa shape index (κ1) is 7.74. The largest absolute Gasteiger partial charge is 0.348 e. The van der Waals surface area contributed by atoms with Gasteiger partial charge in [0.05, 0.1) is 6.33 Å². The average molecular weight is 180 g/mol. The van der Waals surface area contributed by atoms with Gasteiger partial charge in [0, 0.05) is 7.05 Å². The van der Waals surface area contributed by atoms with Crippen molar-refractivity contribution in [1.82, 2.24) is 19.9 Å². The summed E-state index contributed by atoms with van der Waals surface area (Å²) < 4.78 is 0. The number of aromatic nitrogens is 4. The van der Waals surface area contributed by atoms with Crippen LogP contribution in [0.5, 0.6) is 0 Å². The SMILES string of the molecule is CN(N)c1nc(=O)[nH]c2[nH]cnc12. The van der Waals surface area contributed by atoms with Gasteiger partial charge < -0.3 is 4.98 Å². The van der Waals surface area contributed by atoms with Gasteiger partial charge in [-0.3, -0.25) is 9.99 Å². The van der Waals surface area contributed by atoms with Gasteiger partial charge in [0.25, 0.3) is 0 Å². The Labute approximate surface area is 72.6 Å². The fraction of sp³-hybridized carbons (Fsp3) is 0.167. The van der Waals surface area contributed by atoms with Crippen LogP contribution in [0.4, 0.5) is 5.82 Å². The van der Waals surface area contributed by atoms with Crippen molar-refractivity contribution in [3.8, 4) is 0 Å². The molecule has 13 heavy (non-hydrogen) atoms. The minimum Gasteiger partial charge on any atom is -0.331 e. The number of nitrogens with two attached hydrogens (primary N) is 1. The van der Waals surface area contributed by atoms with E-state index in [9.17, 15) is 4.79 Å². The molecule has 0 aromatic carbocycles. The van der Waals surface area contributed by atoms with Crippen molar-refractivity contribution in [3.63, 3.8) is 0 Å². The summed E-state index contributed by atoms with van der Waals surface area (Å²) in [7, 11) is 1.59. The smallest absolute Gasteiger partial charge is 0.331 e. The summed E-state index contributed by atoms with van der Waals surface area (Å²) in [5.74, 6) is 5.82. The van der Waals surface area contributed by atoms with Crippen molar-refractivity contribution in [3.05, 3.63) is 16.8 Å². The molecule has 0 fully saturated rings. The van der Waals surface area contributed by atoms with E-state index in [1.165, 1.54) is 11.3 Å². The van der Waals surface area contributed by atoms with E-state index in [0.29, 0.717) is 17.0 Å². The standard InChI is InChI=1S/C6H8N6O/c1-12(7)5-3-4(9-2-8-3)10-6(13)11-5/h2H,7H2,1H3,(H2,8,9,10,11,13). The molecule has 2 aromatic heterocycles. The monoisotopic (exact) mass is 180 g/mol. The van der Waals surface area contributed by atoms with E-state index < -0.39 is 5.69 Å². The number of fused-ring (bicyclic) bond motifs is 1. The Kier molecular flexibility index (Phi) is 1.52. The Morgan fingerprint density at radius 1 is 1.62 bits per heavy atom. The van der Waals surface area contributed by atoms with Crippen molar-refractivity contribution in [2.75, 3.05) is 12.1 Å². The zero-order chi connectivity index (χ0) is 9.42. The predicted molar refractivity (Wildman–Crippen MR) is 47.1 cm³/mol. The van der Waals surface area contributed by atoms with E-state index in [-0.39, 0.29) is 0 Å². The molecular weight excluding hydrogens is 172 g/mol. The van der Waals surface area contributed by atoms with Crippen LogP contribution in [-0.2, 0) is 0 Å². The molecule has 7 heteroatoms. The highest BCUT2D eigenvalue weighted by Gasteiger charge is 2.08. The maximum absolute atomic E-state index is 11.0. The normalized spacial score (nSPS) is 10.6. The number of nitrogens with zero attached hydrogens (tertiary/aromatic N) is 3. The second-order valence-electron chi connectivity index (χ2n) is 2.60. The second-order valence-corrected chi connectivity index (χ2v) is 2.60. The van der Waals surface area contributed by atoms with Crippen LogP contribution in [0.15, 0.2) is 11.1 Å². The van der Waals surface area contributed by atoms with Crippen molar-refractivity contribution in [1.29, 1.82) is 0 Å². The number of H-pyrrole nitrogens is 2. The molecule has 4 N–H and O–H groups in total. The first-order valence-corrected chi connectivity index (χ1v) is 3.60. The Balaban J connectivity index is 2.85. The lowest BCUT2D eigenvalue weighted by Gasteiger charge is -2.09. The Morgan fingerprint density at radius 3 is 3.08 bits per heavy atom. The fourth-order valence-corrected chi connectivity index (χ4v) is 1.09. The molecule has 0 saturated carbocycles. The molecule has 0 amide bonds. The van der Waals surface area contributed by atoms with E-state index in [4.69, 9.17) is 5.84 Å². The molecule has 0 unspecified atom stereocenters. The molecule has 2 aromatic rings. The minimum absolute atomic E-state index is 0.347. The van der Waals surface area contributed by atoms with E-state index in [2.05, 4.69) is 19.9 Å². The number of imidazole rings is 1. The summed E-state index contributed by atoms with van der Waals surface area (Å²) >= 11 is 0. The van der Waals surface area contributed by atoms with E-state index in [1.807, 2.05) is 0 Å². The lowest BCUT2D eigenvalue weighted by molar-refractivity contribution is 0.956. The summed E-state index contributed by atoms with van der Waals surface area (Å²) in [6, 6.07) is 0. The highest BCUT2D eigenvalue weighted by molar-refractivity contribution is 5.82. The van der Waals surface area contributed by atoms with Crippen LogP contribution in [0, 0.1) is 0 Å². The van der Waals surface area contributed by atoms with Crippen molar-refractivity contribution in [2.24, 2.45) is 5.84 Å². The van der Waals surface area contributed by atoms with Crippen molar-refractivity contribution in [2.45, 2.75) is 0 Å². The van der Waals surface area contributed by atoms with E-state index in [0.717, 1.165) is 0 Å². The number of hydrazine groups is 1.